The Bertz CT molecular complexity index is 1200. The van der Waals surface area contributed by atoms with Crippen LogP contribution in [0.5, 0.6) is 0 Å². The Balaban J connectivity index is 1.87. The van der Waals surface area contributed by atoms with Gasteiger partial charge in [0, 0.05) is 11.6 Å². The normalized spacial score (nSPS) is 10.9. The molecule has 1 aromatic carbocycles. The fraction of sp³-hybridized carbons (Fsp3) is 0.143. The largest absolute Gasteiger partial charge is 0.312 e. The Labute approximate surface area is 166 Å². The standard InChI is InChI=1S/C21H17N5OS/c1-13(2)26-19-17(12-23-26)16(10-18(24-19)14-6-4-3-5-7-14)20(27)25-21-15(11-22)8-9-28-21/h3-10,12-13H,1-2H3,(H,25,27). The minimum Gasteiger partial charge on any atom is -0.312 e. The molecular weight excluding hydrogens is 370 g/mol. The second kappa shape index (κ2) is 7.25. The number of anilines is 1. The molecule has 0 fully saturated rings. The fourth-order valence-corrected chi connectivity index (χ4v) is 3.74. The number of nitrogens with zero attached hydrogens (tertiary/aromatic N) is 4. The number of rotatable bonds is 4. The van der Waals surface area contributed by atoms with Crippen molar-refractivity contribution in [1.82, 2.24) is 14.8 Å². The van der Waals surface area contributed by atoms with Crippen LogP contribution in [-0.4, -0.2) is 20.7 Å². The molecule has 0 saturated heterocycles. The number of thiophene rings is 1. The molecule has 4 rings (SSSR count). The van der Waals surface area contributed by atoms with Crippen LogP contribution in [0.4, 0.5) is 5.00 Å². The first-order valence-electron chi connectivity index (χ1n) is 8.81. The topological polar surface area (TPSA) is 83.6 Å². The predicted molar refractivity (Wildman–Crippen MR) is 110 cm³/mol. The molecule has 0 saturated carbocycles. The zero-order valence-electron chi connectivity index (χ0n) is 15.4. The Morgan fingerprint density at radius 1 is 1.25 bits per heavy atom. The van der Waals surface area contributed by atoms with Gasteiger partial charge in [-0.1, -0.05) is 30.3 Å². The lowest BCUT2D eigenvalue weighted by molar-refractivity contribution is 0.102. The molecule has 1 amide bonds. The Morgan fingerprint density at radius 2 is 2.04 bits per heavy atom. The summed E-state index contributed by atoms with van der Waals surface area (Å²) in [6.45, 7) is 4.04. The second-order valence-corrected chi connectivity index (χ2v) is 7.49. The van der Waals surface area contributed by atoms with Crippen molar-refractivity contribution in [2.45, 2.75) is 19.9 Å². The van der Waals surface area contributed by atoms with Gasteiger partial charge < -0.3 is 5.32 Å². The number of carbonyl (C=O) groups is 1. The van der Waals surface area contributed by atoms with Crippen molar-refractivity contribution < 1.29 is 4.79 Å². The lowest BCUT2D eigenvalue weighted by Crippen LogP contribution is -2.13. The molecule has 0 atom stereocenters. The average molecular weight is 387 g/mol. The summed E-state index contributed by atoms with van der Waals surface area (Å²) in [6, 6.07) is 15.4. The average Bonchev–Trinajstić information content (AvgIpc) is 3.34. The van der Waals surface area contributed by atoms with Crippen LogP contribution < -0.4 is 5.32 Å². The van der Waals surface area contributed by atoms with Crippen LogP contribution >= 0.6 is 11.3 Å². The first-order valence-corrected chi connectivity index (χ1v) is 9.69. The van der Waals surface area contributed by atoms with E-state index < -0.39 is 0 Å². The summed E-state index contributed by atoms with van der Waals surface area (Å²) in [5.74, 6) is -0.285. The molecule has 28 heavy (non-hydrogen) atoms. The highest BCUT2D eigenvalue weighted by atomic mass is 32.1. The molecule has 0 bridgehead atoms. The number of fused-ring (bicyclic) bond motifs is 1. The Morgan fingerprint density at radius 3 is 2.75 bits per heavy atom. The molecule has 4 aromatic rings. The van der Waals surface area contributed by atoms with Crippen molar-refractivity contribution in [3.8, 4) is 17.3 Å². The molecule has 0 radical (unpaired) electrons. The van der Waals surface area contributed by atoms with Crippen LogP contribution in [0.3, 0.4) is 0 Å². The van der Waals surface area contributed by atoms with Crippen molar-refractivity contribution in [1.29, 1.82) is 5.26 Å². The van der Waals surface area contributed by atoms with Gasteiger partial charge in [0.15, 0.2) is 5.65 Å². The van der Waals surface area contributed by atoms with Crippen molar-refractivity contribution in [3.63, 3.8) is 0 Å². The number of hydrogen-bond acceptors (Lipinski definition) is 5. The van der Waals surface area contributed by atoms with E-state index in [0.29, 0.717) is 32.9 Å². The number of aromatic nitrogens is 3. The van der Waals surface area contributed by atoms with Gasteiger partial charge in [-0.2, -0.15) is 10.4 Å². The lowest BCUT2D eigenvalue weighted by atomic mass is 10.1. The van der Waals surface area contributed by atoms with E-state index in [-0.39, 0.29) is 11.9 Å². The van der Waals surface area contributed by atoms with Crippen LogP contribution in [0.1, 0.15) is 35.8 Å². The van der Waals surface area contributed by atoms with Gasteiger partial charge in [0.05, 0.1) is 28.4 Å². The highest BCUT2D eigenvalue weighted by molar-refractivity contribution is 7.14. The van der Waals surface area contributed by atoms with Crippen LogP contribution in [0.25, 0.3) is 22.3 Å². The molecule has 138 valence electrons. The van der Waals surface area contributed by atoms with Crippen LogP contribution in [0.15, 0.2) is 54.0 Å². The quantitative estimate of drug-likeness (QED) is 0.542. The Kier molecular flexibility index (Phi) is 4.63. The third kappa shape index (κ3) is 3.15. The van der Waals surface area contributed by atoms with Gasteiger partial charge in [0.25, 0.3) is 5.91 Å². The van der Waals surface area contributed by atoms with E-state index in [1.807, 2.05) is 48.9 Å². The SMILES string of the molecule is CC(C)n1ncc2c(C(=O)Nc3sccc3C#N)cc(-c3ccccc3)nc21. The van der Waals surface area contributed by atoms with Gasteiger partial charge in [-0.15, -0.1) is 11.3 Å². The summed E-state index contributed by atoms with van der Waals surface area (Å²) in [5.41, 5.74) is 3.21. The summed E-state index contributed by atoms with van der Waals surface area (Å²) < 4.78 is 1.81. The summed E-state index contributed by atoms with van der Waals surface area (Å²) in [5, 5.41) is 19.5. The summed E-state index contributed by atoms with van der Waals surface area (Å²) in [7, 11) is 0. The van der Waals surface area contributed by atoms with Gasteiger partial charge in [-0.05, 0) is 31.4 Å². The van der Waals surface area contributed by atoms with Gasteiger partial charge in [0.1, 0.15) is 11.1 Å². The van der Waals surface area contributed by atoms with Crippen molar-refractivity contribution in [3.05, 3.63) is 65.2 Å². The van der Waals surface area contributed by atoms with Gasteiger partial charge >= 0.3 is 0 Å². The van der Waals surface area contributed by atoms with E-state index in [1.165, 1.54) is 11.3 Å². The number of nitrogens with one attached hydrogen (secondary N) is 1. The molecule has 3 heterocycles. The molecular formula is C21H17N5OS. The van der Waals surface area contributed by atoms with E-state index in [2.05, 4.69) is 16.5 Å². The third-order valence-corrected chi connectivity index (χ3v) is 5.21. The van der Waals surface area contributed by atoms with E-state index in [1.54, 1.807) is 23.7 Å². The molecule has 1 N–H and O–H groups in total. The van der Waals surface area contributed by atoms with Crippen molar-refractivity contribution in [2.24, 2.45) is 0 Å². The monoisotopic (exact) mass is 387 g/mol. The molecule has 0 aliphatic carbocycles. The predicted octanol–water partition coefficient (Wildman–Crippen LogP) is 4.86. The number of carbonyl (C=O) groups excluding carboxylic acids is 1. The van der Waals surface area contributed by atoms with Crippen LogP contribution in [0.2, 0.25) is 0 Å². The third-order valence-electron chi connectivity index (χ3n) is 4.38. The van der Waals surface area contributed by atoms with Gasteiger partial charge in [0.2, 0.25) is 0 Å². The zero-order valence-corrected chi connectivity index (χ0v) is 16.2. The zero-order chi connectivity index (χ0) is 19.7. The molecule has 6 nitrogen and oxygen atoms in total. The van der Waals surface area contributed by atoms with Gasteiger partial charge in [-0.3, -0.25) is 4.79 Å². The summed E-state index contributed by atoms with van der Waals surface area (Å²) in [4.78, 5) is 17.8. The molecule has 0 aliphatic rings. The number of hydrogen-bond donors (Lipinski definition) is 1. The molecule has 3 aromatic heterocycles. The second-order valence-electron chi connectivity index (χ2n) is 6.57. The highest BCUT2D eigenvalue weighted by Crippen LogP contribution is 2.28. The summed E-state index contributed by atoms with van der Waals surface area (Å²) in [6.07, 6.45) is 1.67. The number of pyridine rings is 1. The molecule has 0 aliphatic heterocycles. The smallest absolute Gasteiger partial charge is 0.257 e. The molecule has 0 unspecified atom stereocenters. The highest BCUT2D eigenvalue weighted by Gasteiger charge is 2.19. The number of nitriles is 1. The van der Waals surface area contributed by atoms with Crippen molar-refractivity contribution in [2.75, 3.05) is 5.32 Å². The fourth-order valence-electron chi connectivity index (χ4n) is 3.01. The molecule has 0 spiro atoms. The minimum atomic E-state index is -0.285. The maximum atomic E-state index is 13.1. The minimum absolute atomic E-state index is 0.106. The van der Waals surface area contributed by atoms with Gasteiger partial charge in [-0.25, -0.2) is 9.67 Å². The maximum Gasteiger partial charge on any atom is 0.257 e. The first-order chi connectivity index (χ1) is 13.6. The number of amides is 1. The molecule has 7 heteroatoms. The van der Waals surface area contributed by atoms with E-state index >= 15 is 0 Å². The number of benzene rings is 1. The van der Waals surface area contributed by atoms with Crippen molar-refractivity contribution >= 4 is 33.3 Å². The van der Waals surface area contributed by atoms with E-state index in [0.717, 1.165) is 5.56 Å². The van der Waals surface area contributed by atoms with E-state index in [4.69, 9.17) is 4.98 Å². The summed E-state index contributed by atoms with van der Waals surface area (Å²) >= 11 is 1.32. The lowest BCUT2D eigenvalue weighted by Gasteiger charge is -2.11. The maximum absolute atomic E-state index is 13.1. The van der Waals surface area contributed by atoms with Crippen LogP contribution in [-0.2, 0) is 0 Å². The van der Waals surface area contributed by atoms with E-state index in [9.17, 15) is 10.1 Å². The van der Waals surface area contributed by atoms with Crippen LogP contribution in [0, 0.1) is 11.3 Å². The first kappa shape index (κ1) is 17.9. The Hall–Kier alpha value is -3.50.